The Morgan fingerprint density at radius 2 is 0.795 bits per heavy atom. The number of aromatic hydroxyl groups is 9. The van der Waals surface area contributed by atoms with Crippen LogP contribution in [0.15, 0.2) is 36.4 Å². The summed E-state index contributed by atoms with van der Waals surface area (Å²) < 4.78 is 15.9. The van der Waals surface area contributed by atoms with Crippen LogP contribution in [0, 0.1) is 0 Å². The second kappa shape index (κ2) is 11.8. The standard InChI is InChI=1S/C27H24O17/c28-11-1-8(2-12(29)19(11)35)25(39)42-18-7-17(34)22(38)24(44-27(41)10-5-15(32)21(37)16(33)6-10)23(18)43-26(40)9-3-13(30)20(36)14(31)4-9/h1-6,17-18,22-24,28-38H,7H2/t17-,18+,22+,23+,24-/m1/s1. The predicted molar refractivity (Wildman–Crippen MR) is 139 cm³/mol. The number of aliphatic hydroxyl groups excluding tert-OH is 2. The first kappa shape index (κ1) is 31.1. The largest absolute Gasteiger partial charge is 0.504 e. The lowest BCUT2D eigenvalue weighted by molar-refractivity contribution is -0.180. The fourth-order valence-electron chi connectivity index (χ4n) is 4.29. The summed E-state index contributed by atoms with van der Waals surface area (Å²) in [6.45, 7) is 0. The maximum absolute atomic E-state index is 13.0. The number of hydrogen-bond donors (Lipinski definition) is 11. The van der Waals surface area contributed by atoms with E-state index in [1.807, 2.05) is 0 Å². The van der Waals surface area contributed by atoms with Crippen molar-refractivity contribution in [2.45, 2.75) is 36.9 Å². The maximum atomic E-state index is 13.0. The molecule has 5 atom stereocenters. The van der Waals surface area contributed by atoms with Crippen molar-refractivity contribution in [3.63, 3.8) is 0 Å². The molecule has 11 N–H and O–H groups in total. The summed E-state index contributed by atoms with van der Waals surface area (Å²) in [5.74, 6) is -12.6. The Balaban J connectivity index is 1.71. The number of benzene rings is 3. The van der Waals surface area contributed by atoms with E-state index in [1.54, 1.807) is 0 Å². The molecule has 0 amide bonds. The molecule has 0 saturated heterocycles. The minimum absolute atomic E-state index is 0.541. The third-order valence-electron chi connectivity index (χ3n) is 6.56. The number of ether oxygens (including phenoxy) is 3. The highest BCUT2D eigenvalue weighted by molar-refractivity contribution is 5.93. The second-order valence-corrected chi connectivity index (χ2v) is 9.57. The first-order valence-electron chi connectivity index (χ1n) is 12.3. The van der Waals surface area contributed by atoms with Crippen LogP contribution in [0.2, 0.25) is 0 Å². The molecule has 0 spiro atoms. The molecule has 3 aromatic rings. The van der Waals surface area contributed by atoms with Crippen molar-refractivity contribution in [2.75, 3.05) is 0 Å². The van der Waals surface area contributed by atoms with Gasteiger partial charge in [-0.3, -0.25) is 0 Å². The molecule has 0 radical (unpaired) electrons. The number of esters is 3. The highest BCUT2D eigenvalue weighted by Gasteiger charge is 2.50. The van der Waals surface area contributed by atoms with Crippen LogP contribution >= 0.6 is 0 Å². The van der Waals surface area contributed by atoms with Crippen LogP contribution in [0.5, 0.6) is 51.7 Å². The molecule has 4 rings (SSSR count). The van der Waals surface area contributed by atoms with E-state index in [-0.39, 0.29) is 0 Å². The van der Waals surface area contributed by atoms with Gasteiger partial charge in [-0.2, -0.15) is 0 Å². The third-order valence-corrected chi connectivity index (χ3v) is 6.56. The van der Waals surface area contributed by atoms with Gasteiger partial charge in [0, 0.05) is 6.42 Å². The summed E-state index contributed by atoms with van der Waals surface area (Å²) >= 11 is 0. The number of rotatable bonds is 6. The number of carbonyl (C=O) groups is 3. The summed E-state index contributed by atoms with van der Waals surface area (Å²) in [7, 11) is 0. The van der Waals surface area contributed by atoms with Crippen LogP contribution in [-0.4, -0.2) is 105 Å². The molecule has 0 unspecified atom stereocenters. The minimum atomic E-state index is -2.06. The first-order chi connectivity index (χ1) is 20.6. The average molecular weight is 620 g/mol. The zero-order chi connectivity index (χ0) is 32.6. The van der Waals surface area contributed by atoms with E-state index >= 15 is 0 Å². The van der Waals surface area contributed by atoms with Gasteiger partial charge in [0.1, 0.15) is 12.2 Å². The molecule has 1 aliphatic rings. The van der Waals surface area contributed by atoms with Gasteiger partial charge in [-0.05, 0) is 36.4 Å². The van der Waals surface area contributed by atoms with Crippen LogP contribution in [-0.2, 0) is 14.2 Å². The summed E-state index contributed by atoms with van der Waals surface area (Å²) in [5.41, 5.74) is -1.72. The molecule has 3 aromatic carbocycles. The molecule has 44 heavy (non-hydrogen) atoms. The van der Waals surface area contributed by atoms with Crippen molar-refractivity contribution in [2.24, 2.45) is 0 Å². The van der Waals surface area contributed by atoms with Crippen molar-refractivity contribution in [3.8, 4) is 51.7 Å². The Bertz CT molecular complexity index is 1560. The predicted octanol–water partition coefficient (Wildman–Crippen LogP) is 0.139. The fourth-order valence-corrected chi connectivity index (χ4v) is 4.29. The van der Waals surface area contributed by atoms with Crippen LogP contribution in [0.4, 0.5) is 0 Å². The van der Waals surface area contributed by atoms with Crippen molar-refractivity contribution < 1.29 is 84.8 Å². The molecule has 0 bridgehead atoms. The molecule has 17 nitrogen and oxygen atoms in total. The van der Waals surface area contributed by atoms with Gasteiger partial charge in [-0.15, -0.1) is 0 Å². The topological polar surface area (TPSA) is 301 Å². The molecule has 0 heterocycles. The molecule has 1 saturated carbocycles. The average Bonchev–Trinajstić information content (AvgIpc) is 2.96. The number of carbonyl (C=O) groups excluding carboxylic acids is 3. The van der Waals surface area contributed by atoms with Crippen LogP contribution in [0.25, 0.3) is 0 Å². The van der Waals surface area contributed by atoms with E-state index in [1.165, 1.54) is 0 Å². The maximum Gasteiger partial charge on any atom is 0.338 e. The lowest BCUT2D eigenvalue weighted by Crippen LogP contribution is -2.59. The normalized spacial score (nSPS) is 21.3. The molecule has 1 fully saturated rings. The Hall–Kier alpha value is -5.81. The first-order valence-corrected chi connectivity index (χ1v) is 12.3. The van der Waals surface area contributed by atoms with E-state index in [4.69, 9.17) is 14.2 Å². The van der Waals surface area contributed by atoms with Gasteiger partial charge in [-0.25, -0.2) is 14.4 Å². The lowest BCUT2D eigenvalue weighted by Gasteiger charge is -2.41. The Kier molecular flexibility index (Phi) is 8.36. The molecular weight excluding hydrogens is 596 g/mol. The summed E-state index contributed by atoms with van der Waals surface area (Å²) in [6.07, 6.45) is -10.3. The highest BCUT2D eigenvalue weighted by Crippen LogP contribution is 2.39. The van der Waals surface area contributed by atoms with E-state index in [9.17, 15) is 70.6 Å². The quantitative estimate of drug-likeness (QED) is 0.0991. The monoisotopic (exact) mass is 620 g/mol. The van der Waals surface area contributed by atoms with Gasteiger partial charge in [-0.1, -0.05) is 0 Å². The number of phenols is 9. The Morgan fingerprint density at radius 3 is 1.14 bits per heavy atom. The number of hydrogen-bond acceptors (Lipinski definition) is 17. The molecule has 0 aromatic heterocycles. The van der Waals surface area contributed by atoms with Gasteiger partial charge < -0.3 is 70.4 Å². The van der Waals surface area contributed by atoms with Gasteiger partial charge in [0.2, 0.25) is 0 Å². The molecule has 234 valence electrons. The smallest absolute Gasteiger partial charge is 0.338 e. The SMILES string of the molecule is O=C(O[C@@H]1[C@@H](O)[C@H](O)C[C@H](OC(=O)c2cc(O)c(O)c(O)c2)[C@@H]1OC(=O)c1cc(O)c(O)c(O)c1)c1cc(O)c(O)c(O)c1. The summed E-state index contributed by atoms with van der Waals surface area (Å²) in [4.78, 5) is 38.9. The second-order valence-electron chi connectivity index (χ2n) is 9.57. The molecule has 17 heteroatoms. The van der Waals surface area contributed by atoms with Crippen LogP contribution < -0.4 is 0 Å². The van der Waals surface area contributed by atoms with Crippen molar-refractivity contribution in [1.29, 1.82) is 0 Å². The van der Waals surface area contributed by atoms with Crippen molar-refractivity contribution >= 4 is 17.9 Å². The van der Waals surface area contributed by atoms with Gasteiger partial charge in [0.15, 0.2) is 64.0 Å². The molecular formula is C27H24O17. The van der Waals surface area contributed by atoms with Crippen molar-refractivity contribution in [3.05, 3.63) is 53.1 Å². The number of phenolic OH excluding ortho intramolecular Hbond substituents is 9. The minimum Gasteiger partial charge on any atom is -0.504 e. The third kappa shape index (κ3) is 6.03. The molecule has 0 aliphatic heterocycles. The summed E-state index contributed by atoms with van der Waals surface area (Å²) in [6, 6.07) is 4.11. The summed E-state index contributed by atoms with van der Waals surface area (Å²) in [5, 5.41) is 109. The van der Waals surface area contributed by atoms with Crippen LogP contribution in [0.1, 0.15) is 37.5 Å². The van der Waals surface area contributed by atoms with E-state index in [0.717, 1.165) is 0 Å². The lowest BCUT2D eigenvalue weighted by atomic mass is 9.86. The molecule has 1 aliphatic carbocycles. The van der Waals surface area contributed by atoms with E-state index in [2.05, 4.69) is 0 Å². The highest BCUT2D eigenvalue weighted by atomic mass is 16.6. The fraction of sp³-hybridized carbons (Fsp3) is 0.222. The zero-order valence-corrected chi connectivity index (χ0v) is 21.9. The van der Waals surface area contributed by atoms with Gasteiger partial charge in [0.25, 0.3) is 0 Å². The Labute approximate surface area is 244 Å². The van der Waals surface area contributed by atoms with Crippen molar-refractivity contribution in [1.82, 2.24) is 0 Å². The number of aliphatic hydroxyl groups is 2. The Morgan fingerprint density at radius 1 is 0.500 bits per heavy atom. The van der Waals surface area contributed by atoms with Crippen LogP contribution in [0.3, 0.4) is 0 Å². The van der Waals surface area contributed by atoms with Gasteiger partial charge >= 0.3 is 17.9 Å². The van der Waals surface area contributed by atoms with E-state index < -0.39 is 123 Å². The van der Waals surface area contributed by atoms with E-state index in [0.29, 0.717) is 36.4 Å². The zero-order valence-electron chi connectivity index (χ0n) is 21.9. The van der Waals surface area contributed by atoms with Gasteiger partial charge in [0.05, 0.1) is 22.8 Å².